The average Bonchev–Trinajstić information content (AvgIpc) is 2.98. The molecule has 2 rings (SSSR count). The molecule has 0 aromatic rings. The summed E-state index contributed by atoms with van der Waals surface area (Å²) in [6, 6.07) is 0. The lowest BCUT2D eigenvalue weighted by Gasteiger charge is -2.38. The molecule has 0 amide bonds. The van der Waals surface area contributed by atoms with Crippen molar-refractivity contribution in [1.29, 1.82) is 0 Å². The van der Waals surface area contributed by atoms with Gasteiger partial charge in [-0.2, -0.15) is 0 Å². The fourth-order valence-corrected chi connectivity index (χ4v) is 6.83. The number of unbranched alkanes of at least 4 members (excludes halogenated alkanes) is 2. The Bertz CT molecular complexity index is 762. The van der Waals surface area contributed by atoms with Crippen molar-refractivity contribution in [3.63, 3.8) is 0 Å². The molecule has 0 aromatic heterocycles. The van der Waals surface area contributed by atoms with Gasteiger partial charge in [0.15, 0.2) is 0 Å². The Morgan fingerprint density at radius 3 is 1.52 bits per heavy atom. The minimum Gasteiger partial charge on any atom is -0.462 e. The van der Waals surface area contributed by atoms with Crippen LogP contribution < -0.4 is 0 Å². The van der Waals surface area contributed by atoms with Gasteiger partial charge in [-0.3, -0.25) is 0 Å². The zero-order valence-electron chi connectivity index (χ0n) is 27.1. The summed E-state index contributed by atoms with van der Waals surface area (Å²) in [5, 5.41) is 19.0. The van der Waals surface area contributed by atoms with Crippen LogP contribution in [-0.4, -0.2) is 47.6 Å². The van der Waals surface area contributed by atoms with Gasteiger partial charge in [-0.25, -0.2) is 9.59 Å². The van der Waals surface area contributed by atoms with Crippen LogP contribution in [0, 0.1) is 29.6 Å². The van der Waals surface area contributed by atoms with Crippen LogP contribution in [0.3, 0.4) is 0 Å². The summed E-state index contributed by atoms with van der Waals surface area (Å²) in [4.78, 5) is 25.0. The Morgan fingerprint density at radius 1 is 0.690 bits per heavy atom. The van der Waals surface area contributed by atoms with Crippen molar-refractivity contribution in [3.05, 3.63) is 24.3 Å². The molecule has 2 N–H and O–H groups in total. The zero-order valence-corrected chi connectivity index (χ0v) is 27.1. The summed E-state index contributed by atoms with van der Waals surface area (Å²) in [6.07, 6.45) is 19.1. The predicted octanol–water partition coefficient (Wildman–Crippen LogP) is 8.10. The van der Waals surface area contributed by atoms with Gasteiger partial charge in [0.25, 0.3) is 0 Å². The van der Waals surface area contributed by atoms with Gasteiger partial charge in [-0.15, -0.1) is 0 Å². The summed E-state index contributed by atoms with van der Waals surface area (Å²) in [5.41, 5.74) is 0.706. The Morgan fingerprint density at radius 2 is 1.12 bits per heavy atom. The monoisotopic (exact) mass is 590 g/mol. The number of rotatable bonds is 20. The minimum atomic E-state index is -0.496. The van der Waals surface area contributed by atoms with Crippen LogP contribution >= 0.6 is 0 Å². The maximum Gasteiger partial charge on any atom is 0.333 e. The van der Waals surface area contributed by atoms with E-state index in [0.29, 0.717) is 42.7 Å². The summed E-state index contributed by atoms with van der Waals surface area (Å²) in [5.74, 6) is 2.45. The van der Waals surface area contributed by atoms with Crippen molar-refractivity contribution in [2.45, 2.75) is 149 Å². The number of aliphatic hydroxyl groups is 2. The maximum atomic E-state index is 12.5. The molecule has 2 fully saturated rings. The largest absolute Gasteiger partial charge is 0.462 e. The Hall–Kier alpha value is -1.66. The normalized spacial score (nSPS) is 24.8. The summed E-state index contributed by atoms with van der Waals surface area (Å²) in [6.45, 7) is 13.7. The summed E-state index contributed by atoms with van der Waals surface area (Å²) in [7, 11) is 0. The first-order valence-electron chi connectivity index (χ1n) is 17.1. The number of aliphatic hydroxyl groups excluding tert-OH is 2. The number of hydrogen-bond donors (Lipinski definition) is 2. The lowest BCUT2D eigenvalue weighted by atomic mass is 9.68. The standard InChI is InChI=1S/C36H62O6/c1-6-7-8-9-30-16-20-33(21-17-30)34-22-18-31(19-23-34)14-15-32(24-41-35(39)26(2)10-12-28(4)37)25-42-36(40)27(3)11-13-29(5)38/h28-34,37-38H,2-3,6-25H2,1,4-5H3. The van der Waals surface area contributed by atoms with Crippen LogP contribution in [0.5, 0.6) is 0 Å². The van der Waals surface area contributed by atoms with Crippen LogP contribution in [0.2, 0.25) is 0 Å². The summed E-state index contributed by atoms with van der Waals surface area (Å²) >= 11 is 0. The van der Waals surface area contributed by atoms with E-state index in [1.807, 2.05) is 0 Å². The van der Waals surface area contributed by atoms with E-state index in [2.05, 4.69) is 20.1 Å². The highest BCUT2D eigenvalue weighted by molar-refractivity contribution is 5.88. The van der Waals surface area contributed by atoms with Crippen LogP contribution in [0.1, 0.15) is 136 Å². The maximum absolute atomic E-state index is 12.5. The minimum absolute atomic E-state index is 0.0901. The Labute approximate surface area is 256 Å². The van der Waals surface area contributed by atoms with Crippen LogP contribution in [-0.2, 0) is 19.1 Å². The van der Waals surface area contributed by atoms with E-state index in [-0.39, 0.29) is 19.1 Å². The van der Waals surface area contributed by atoms with Crippen molar-refractivity contribution in [1.82, 2.24) is 0 Å². The molecule has 0 bridgehead atoms. The Kier molecular flexibility index (Phi) is 17.7. The predicted molar refractivity (Wildman–Crippen MR) is 170 cm³/mol. The molecule has 2 atom stereocenters. The molecule has 2 unspecified atom stereocenters. The van der Waals surface area contributed by atoms with E-state index in [9.17, 15) is 19.8 Å². The lowest BCUT2D eigenvalue weighted by Crippen LogP contribution is -2.27. The first-order valence-corrected chi connectivity index (χ1v) is 17.1. The van der Waals surface area contributed by atoms with Crippen molar-refractivity contribution in [2.24, 2.45) is 29.6 Å². The molecule has 0 aromatic carbocycles. The van der Waals surface area contributed by atoms with E-state index in [1.54, 1.807) is 13.8 Å². The smallest absolute Gasteiger partial charge is 0.333 e. The van der Waals surface area contributed by atoms with Gasteiger partial charge in [0.1, 0.15) is 0 Å². The van der Waals surface area contributed by atoms with Crippen molar-refractivity contribution in [3.8, 4) is 0 Å². The SMILES string of the molecule is C=C(CCC(C)O)C(=O)OCC(CCC1CCC(C2CCC(CCCCC)CC2)CC1)COC(=O)C(=C)CCC(C)O. The molecule has 6 heteroatoms. The highest BCUT2D eigenvalue weighted by Gasteiger charge is 2.31. The van der Waals surface area contributed by atoms with E-state index in [1.165, 1.54) is 77.0 Å². The molecule has 242 valence electrons. The van der Waals surface area contributed by atoms with Gasteiger partial charge in [0.05, 0.1) is 25.4 Å². The fraction of sp³-hybridized carbons (Fsp3) is 0.833. The molecule has 0 heterocycles. The highest BCUT2D eigenvalue weighted by atomic mass is 16.5. The van der Waals surface area contributed by atoms with Crippen LogP contribution in [0.25, 0.3) is 0 Å². The molecular weight excluding hydrogens is 528 g/mol. The second kappa shape index (κ2) is 20.3. The molecular formula is C36H62O6. The third-order valence-electron chi connectivity index (χ3n) is 9.85. The first-order chi connectivity index (χ1) is 20.1. The highest BCUT2D eigenvalue weighted by Crippen LogP contribution is 2.43. The molecule has 42 heavy (non-hydrogen) atoms. The molecule has 2 aliphatic carbocycles. The molecule has 2 saturated carbocycles. The van der Waals surface area contributed by atoms with Gasteiger partial charge in [-0.1, -0.05) is 71.4 Å². The van der Waals surface area contributed by atoms with Crippen LogP contribution in [0.4, 0.5) is 0 Å². The molecule has 2 aliphatic rings. The van der Waals surface area contributed by atoms with Crippen molar-refractivity contribution >= 4 is 11.9 Å². The second-order valence-corrected chi connectivity index (χ2v) is 13.7. The third-order valence-corrected chi connectivity index (χ3v) is 9.85. The van der Waals surface area contributed by atoms with E-state index >= 15 is 0 Å². The van der Waals surface area contributed by atoms with Gasteiger partial charge in [-0.05, 0) is 102 Å². The number of carbonyl (C=O) groups excluding carboxylic acids is 2. The Balaban J connectivity index is 1.80. The van der Waals surface area contributed by atoms with Gasteiger partial charge in [0, 0.05) is 17.1 Å². The molecule has 0 spiro atoms. The number of ether oxygens (including phenoxy) is 2. The third kappa shape index (κ3) is 14.7. The average molecular weight is 591 g/mol. The number of carbonyl (C=O) groups is 2. The second-order valence-electron chi connectivity index (χ2n) is 13.7. The van der Waals surface area contributed by atoms with Crippen LogP contribution in [0.15, 0.2) is 24.3 Å². The van der Waals surface area contributed by atoms with Crippen molar-refractivity contribution < 1.29 is 29.3 Å². The van der Waals surface area contributed by atoms with E-state index in [0.717, 1.165) is 30.6 Å². The topological polar surface area (TPSA) is 93.1 Å². The van der Waals surface area contributed by atoms with E-state index in [4.69, 9.17) is 9.47 Å². The molecule has 0 aliphatic heterocycles. The number of hydrogen-bond acceptors (Lipinski definition) is 6. The molecule has 6 nitrogen and oxygen atoms in total. The first kappa shape index (κ1) is 36.5. The zero-order chi connectivity index (χ0) is 30.9. The fourth-order valence-electron chi connectivity index (χ4n) is 6.83. The number of esters is 2. The summed E-state index contributed by atoms with van der Waals surface area (Å²) < 4.78 is 11.2. The van der Waals surface area contributed by atoms with E-state index < -0.39 is 24.1 Å². The van der Waals surface area contributed by atoms with Gasteiger partial charge >= 0.3 is 11.9 Å². The van der Waals surface area contributed by atoms with Gasteiger partial charge < -0.3 is 19.7 Å². The molecule has 0 radical (unpaired) electrons. The lowest BCUT2D eigenvalue weighted by molar-refractivity contribution is -0.144. The molecule has 0 saturated heterocycles. The van der Waals surface area contributed by atoms with Gasteiger partial charge in [0.2, 0.25) is 0 Å². The quantitative estimate of drug-likeness (QED) is 0.0845. The van der Waals surface area contributed by atoms with Crippen molar-refractivity contribution in [2.75, 3.05) is 13.2 Å².